The van der Waals surface area contributed by atoms with Crippen LogP contribution in [-0.4, -0.2) is 57.1 Å². The first kappa shape index (κ1) is 17.9. The van der Waals surface area contributed by atoms with Crippen molar-refractivity contribution in [2.75, 3.05) is 25.4 Å². The highest BCUT2D eigenvalue weighted by atomic mass is 32.2. The lowest BCUT2D eigenvalue weighted by Gasteiger charge is -2.32. The summed E-state index contributed by atoms with van der Waals surface area (Å²) in [6.07, 6.45) is 1.09. The summed E-state index contributed by atoms with van der Waals surface area (Å²) >= 11 is 1.44. The highest BCUT2D eigenvalue weighted by Crippen LogP contribution is 2.25. The Labute approximate surface area is 152 Å². The monoisotopic (exact) mass is 360 g/mol. The van der Waals surface area contributed by atoms with E-state index in [0.29, 0.717) is 25.4 Å². The van der Waals surface area contributed by atoms with E-state index in [9.17, 15) is 4.79 Å². The molecule has 2 heterocycles. The Hall–Kier alpha value is -1.86. The van der Waals surface area contributed by atoms with Gasteiger partial charge < -0.3 is 14.2 Å². The number of nitrogens with zero attached hydrogens (tertiary/aromatic N) is 4. The largest absolute Gasteiger partial charge is 0.375 e. The Morgan fingerprint density at radius 1 is 1.36 bits per heavy atom. The molecule has 134 valence electrons. The number of carbonyl (C=O) groups is 1. The van der Waals surface area contributed by atoms with Crippen LogP contribution in [0.1, 0.15) is 18.9 Å². The normalized spacial score (nSPS) is 17.7. The maximum Gasteiger partial charge on any atom is 0.233 e. The number of ether oxygens (including phenoxy) is 1. The molecule has 1 aliphatic rings. The highest BCUT2D eigenvalue weighted by Gasteiger charge is 2.23. The molecule has 1 fully saturated rings. The zero-order valence-corrected chi connectivity index (χ0v) is 15.8. The molecule has 3 rings (SSSR count). The fourth-order valence-corrected chi connectivity index (χ4v) is 3.72. The summed E-state index contributed by atoms with van der Waals surface area (Å²) in [5, 5.41) is 9.33. The lowest BCUT2D eigenvalue weighted by molar-refractivity contribution is -0.135. The van der Waals surface area contributed by atoms with Gasteiger partial charge >= 0.3 is 0 Å². The second-order valence-corrected chi connectivity index (χ2v) is 7.15. The van der Waals surface area contributed by atoms with Gasteiger partial charge in [0.15, 0.2) is 11.0 Å². The van der Waals surface area contributed by atoms with Gasteiger partial charge in [0, 0.05) is 25.7 Å². The third kappa shape index (κ3) is 4.04. The van der Waals surface area contributed by atoms with Crippen LogP contribution in [-0.2, 0) is 16.6 Å². The number of benzene rings is 1. The molecule has 6 nitrogen and oxygen atoms in total. The Balaban J connectivity index is 1.64. The molecule has 25 heavy (non-hydrogen) atoms. The highest BCUT2D eigenvalue weighted by molar-refractivity contribution is 7.99. The Kier molecular flexibility index (Phi) is 5.75. The smallest absolute Gasteiger partial charge is 0.233 e. The van der Waals surface area contributed by atoms with E-state index in [0.717, 1.165) is 28.5 Å². The van der Waals surface area contributed by atoms with E-state index in [1.54, 1.807) is 0 Å². The molecule has 7 heteroatoms. The first-order valence-electron chi connectivity index (χ1n) is 8.57. The minimum absolute atomic E-state index is 0.132. The molecule has 1 aromatic heterocycles. The third-order valence-electron chi connectivity index (χ3n) is 4.49. The van der Waals surface area contributed by atoms with Crippen molar-refractivity contribution in [1.82, 2.24) is 19.7 Å². The van der Waals surface area contributed by atoms with E-state index in [2.05, 4.69) is 30.1 Å². The van der Waals surface area contributed by atoms with Crippen LogP contribution in [0.25, 0.3) is 11.4 Å². The molecule has 0 saturated carbocycles. The van der Waals surface area contributed by atoms with E-state index >= 15 is 0 Å². The van der Waals surface area contributed by atoms with Crippen LogP contribution < -0.4 is 0 Å². The molecule has 0 radical (unpaired) electrons. The number of morpholine rings is 1. The zero-order valence-electron chi connectivity index (χ0n) is 14.9. The molecule has 0 aliphatic carbocycles. The van der Waals surface area contributed by atoms with E-state index in [-0.39, 0.29) is 12.0 Å². The van der Waals surface area contributed by atoms with Gasteiger partial charge in [0.2, 0.25) is 5.91 Å². The van der Waals surface area contributed by atoms with Gasteiger partial charge in [0.25, 0.3) is 0 Å². The number of rotatable bonds is 5. The van der Waals surface area contributed by atoms with Crippen molar-refractivity contribution in [3.05, 3.63) is 29.8 Å². The number of aromatic nitrogens is 3. The second kappa shape index (κ2) is 8.01. The van der Waals surface area contributed by atoms with Crippen LogP contribution in [0, 0.1) is 6.92 Å². The van der Waals surface area contributed by atoms with E-state index in [1.807, 2.05) is 34.7 Å². The first-order chi connectivity index (χ1) is 12.1. The fraction of sp³-hybridized carbons (Fsp3) is 0.500. The Bertz CT molecular complexity index is 746. The van der Waals surface area contributed by atoms with Gasteiger partial charge in [-0.2, -0.15) is 0 Å². The van der Waals surface area contributed by atoms with Crippen LogP contribution >= 0.6 is 11.8 Å². The van der Waals surface area contributed by atoms with Gasteiger partial charge in [0.1, 0.15) is 0 Å². The number of hydrogen-bond donors (Lipinski definition) is 0. The van der Waals surface area contributed by atoms with Crippen molar-refractivity contribution < 1.29 is 9.53 Å². The molecular formula is C18H24N4O2S. The standard InChI is InChI=1S/C18H24N4O2S/c1-4-14-11-22(9-10-24-14)16(23)12-25-18-20-19-17(21(18)3)15-8-6-5-7-13(15)2/h5-8,14H,4,9-12H2,1-3H3/t14-/m0/s1. The van der Waals surface area contributed by atoms with Crippen molar-refractivity contribution >= 4 is 17.7 Å². The van der Waals surface area contributed by atoms with Crippen LogP contribution in [0.3, 0.4) is 0 Å². The topological polar surface area (TPSA) is 60.2 Å². The van der Waals surface area contributed by atoms with Gasteiger partial charge in [-0.15, -0.1) is 10.2 Å². The molecule has 0 bridgehead atoms. The molecule has 0 unspecified atom stereocenters. The number of thioether (sulfide) groups is 1. The fourth-order valence-electron chi connectivity index (χ4n) is 2.91. The molecule has 0 N–H and O–H groups in total. The summed E-state index contributed by atoms with van der Waals surface area (Å²) in [4.78, 5) is 14.4. The van der Waals surface area contributed by atoms with Crippen LogP contribution in [0.15, 0.2) is 29.4 Å². The maximum atomic E-state index is 12.5. The summed E-state index contributed by atoms with van der Waals surface area (Å²) in [5.41, 5.74) is 2.22. The van der Waals surface area contributed by atoms with Crippen molar-refractivity contribution in [3.8, 4) is 11.4 Å². The molecule has 1 aliphatic heterocycles. The average Bonchev–Trinajstić information content (AvgIpc) is 3.00. The molecule has 1 atom stereocenters. The quantitative estimate of drug-likeness (QED) is 0.767. The van der Waals surface area contributed by atoms with Gasteiger partial charge in [-0.05, 0) is 18.9 Å². The summed E-state index contributed by atoms with van der Waals surface area (Å²) in [6, 6.07) is 8.10. The number of amides is 1. The number of carbonyl (C=O) groups excluding carboxylic acids is 1. The minimum atomic E-state index is 0.132. The van der Waals surface area contributed by atoms with E-state index < -0.39 is 0 Å². The number of hydrogen-bond acceptors (Lipinski definition) is 5. The Morgan fingerprint density at radius 2 is 2.16 bits per heavy atom. The van der Waals surface area contributed by atoms with Crippen LogP contribution in [0.2, 0.25) is 0 Å². The van der Waals surface area contributed by atoms with Crippen LogP contribution in [0.4, 0.5) is 0 Å². The van der Waals surface area contributed by atoms with Crippen molar-refractivity contribution in [2.45, 2.75) is 31.5 Å². The Morgan fingerprint density at radius 3 is 2.92 bits per heavy atom. The van der Waals surface area contributed by atoms with E-state index in [4.69, 9.17) is 4.74 Å². The molecule has 2 aromatic rings. The summed E-state index contributed by atoms with van der Waals surface area (Å²) in [6.45, 7) is 6.12. The van der Waals surface area contributed by atoms with Crippen molar-refractivity contribution in [1.29, 1.82) is 0 Å². The van der Waals surface area contributed by atoms with Crippen LogP contribution in [0.5, 0.6) is 0 Å². The molecule has 0 spiro atoms. The van der Waals surface area contributed by atoms with Gasteiger partial charge in [-0.1, -0.05) is 43.0 Å². The van der Waals surface area contributed by atoms with E-state index in [1.165, 1.54) is 11.8 Å². The summed E-state index contributed by atoms with van der Waals surface area (Å²) in [5.74, 6) is 1.33. The second-order valence-electron chi connectivity index (χ2n) is 6.21. The third-order valence-corrected chi connectivity index (χ3v) is 5.50. The van der Waals surface area contributed by atoms with Crippen molar-refractivity contribution in [3.63, 3.8) is 0 Å². The molecular weight excluding hydrogens is 336 g/mol. The SMILES string of the molecule is CC[C@H]1CN(C(=O)CSc2nnc(-c3ccccc3C)n2C)CCO1. The number of aryl methyl sites for hydroxylation is 1. The predicted octanol–water partition coefficient (Wildman–Crippen LogP) is 2.52. The molecule has 1 amide bonds. The maximum absolute atomic E-state index is 12.5. The van der Waals surface area contributed by atoms with Gasteiger partial charge in [-0.25, -0.2) is 0 Å². The average molecular weight is 360 g/mol. The zero-order chi connectivity index (χ0) is 17.8. The lowest BCUT2D eigenvalue weighted by atomic mass is 10.1. The molecule has 1 aromatic carbocycles. The molecule has 1 saturated heterocycles. The van der Waals surface area contributed by atoms with Crippen molar-refractivity contribution in [2.24, 2.45) is 7.05 Å². The predicted molar refractivity (Wildman–Crippen MR) is 98.5 cm³/mol. The minimum Gasteiger partial charge on any atom is -0.375 e. The summed E-state index contributed by atoms with van der Waals surface area (Å²) in [7, 11) is 1.94. The summed E-state index contributed by atoms with van der Waals surface area (Å²) < 4.78 is 7.58. The van der Waals surface area contributed by atoms with Gasteiger partial charge in [-0.3, -0.25) is 4.79 Å². The lowest BCUT2D eigenvalue weighted by Crippen LogP contribution is -2.46. The van der Waals surface area contributed by atoms with Gasteiger partial charge in [0.05, 0.1) is 18.5 Å². The first-order valence-corrected chi connectivity index (χ1v) is 9.56.